The van der Waals surface area contributed by atoms with Gasteiger partial charge in [0.2, 0.25) is 0 Å². The lowest BCUT2D eigenvalue weighted by Crippen LogP contribution is -2.31. The standard InChI is InChI=1S/C17H14ClNO4/c18-11-8-14-15(22-6-5-21-14)9-12(11)19-17(20)16-7-10-3-1-2-4-13(10)23-16/h1-4,8-9,16H,5-7H2,(H,19,20). The van der Waals surface area contributed by atoms with Gasteiger partial charge in [-0.1, -0.05) is 29.8 Å². The van der Waals surface area contributed by atoms with Gasteiger partial charge in [-0.25, -0.2) is 0 Å². The fourth-order valence-electron chi connectivity index (χ4n) is 2.70. The zero-order valence-electron chi connectivity index (χ0n) is 12.2. The fraction of sp³-hybridized carbons (Fsp3) is 0.235. The Balaban J connectivity index is 1.51. The van der Waals surface area contributed by atoms with E-state index in [4.69, 9.17) is 25.8 Å². The number of carbonyl (C=O) groups excluding carboxylic acids is 1. The molecule has 2 aromatic carbocycles. The van der Waals surface area contributed by atoms with Gasteiger partial charge in [0.05, 0.1) is 10.7 Å². The van der Waals surface area contributed by atoms with E-state index in [1.165, 1.54) is 0 Å². The number of halogens is 1. The predicted octanol–water partition coefficient (Wildman–Crippen LogP) is 3.05. The Morgan fingerprint density at radius 2 is 1.83 bits per heavy atom. The Morgan fingerprint density at radius 1 is 1.09 bits per heavy atom. The van der Waals surface area contributed by atoms with Gasteiger partial charge in [0.15, 0.2) is 17.6 Å². The van der Waals surface area contributed by atoms with Crippen molar-refractivity contribution in [2.45, 2.75) is 12.5 Å². The number of para-hydroxylation sites is 1. The van der Waals surface area contributed by atoms with Gasteiger partial charge >= 0.3 is 0 Å². The van der Waals surface area contributed by atoms with Crippen molar-refractivity contribution in [3.05, 3.63) is 47.0 Å². The summed E-state index contributed by atoms with van der Waals surface area (Å²) in [6.45, 7) is 0.965. The van der Waals surface area contributed by atoms with E-state index < -0.39 is 6.10 Å². The molecule has 0 fully saturated rings. The first-order chi connectivity index (χ1) is 11.2. The van der Waals surface area contributed by atoms with E-state index in [2.05, 4.69) is 5.32 Å². The summed E-state index contributed by atoms with van der Waals surface area (Å²) < 4.78 is 16.7. The molecule has 1 N–H and O–H groups in total. The van der Waals surface area contributed by atoms with Crippen LogP contribution < -0.4 is 19.5 Å². The number of hydrogen-bond donors (Lipinski definition) is 1. The zero-order chi connectivity index (χ0) is 15.8. The van der Waals surface area contributed by atoms with Crippen molar-refractivity contribution in [1.29, 1.82) is 0 Å². The first kappa shape index (κ1) is 14.2. The van der Waals surface area contributed by atoms with Crippen LogP contribution in [0.4, 0.5) is 5.69 Å². The SMILES string of the molecule is O=C(Nc1cc2c(cc1Cl)OCCO2)C1Cc2ccccc2O1. The number of nitrogens with one attached hydrogen (secondary N) is 1. The third kappa shape index (κ3) is 2.68. The van der Waals surface area contributed by atoms with Gasteiger partial charge in [-0.2, -0.15) is 0 Å². The highest BCUT2D eigenvalue weighted by molar-refractivity contribution is 6.34. The molecule has 5 nitrogen and oxygen atoms in total. The molecule has 2 aromatic rings. The highest BCUT2D eigenvalue weighted by Crippen LogP contribution is 2.38. The first-order valence-electron chi connectivity index (χ1n) is 7.35. The number of fused-ring (bicyclic) bond motifs is 2. The molecule has 1 unspecified atom stereocenters. The Hall–Kier alpha value is -2.40. The van der Waals surface area contributed by atoms with Gasteiger partial charge < -0.3 is 19.5 Å². The average molecular weight is 332 g/mol. The average Bonchev–Trinajstić information content (AvgIpc) is 3.00. The van der Waals surface area contributed by atoms with Crippen LogP contribution in [0.25, 0.3) is 0 Å². The summed E-state index contributed by atoms with van der Waals surface area (Å²) in [5.74, 6) is 1.68. The van der Waals surface area contributed by atoms with Gasteiger partial charge in [-0.05, 0) is 11.6 Å². The maximum Gasteiger partial charge on any atom is 0.265 e. The van der Waals surface area contributed by atoms with Crippen LogP contribution in [-0.4, -0.2) is 25.2 Å². The smallest absolute Gasteiger partial charge is 0.265 e. The van der Waals surface area contributed by atoms with Crippen molar-refractivity contribution < 1.29 is 19.0 Å². The highest BCUT2D eigenvalue weighted by atomic mass is 35.5. The number of ether oxygens (including phenoxy) is 3. The maximum atomic E-state index is 12.4. The summed E-state index contributed by atoms with van der Waals surface area (Å²) in [7, 11) is 0. The molecular formula is C17H14ClNO4. The number of carbonyl (C=O) groups is 1. The fourth-order valence-corrected chi connectivity index (χ4v) is 2.90. The highest BCUT2D eigenvalue weighted by Gasteiger charge is 2.29. The van der Waals surface area contributed by atoms with Gasteiger partial charge in [0, 0.05) is 18.6 Å². The molecule has 0 bridgehead atoms. The van der Waals surface area contributed by atoms with E-state index in [0.717, 1.165) is 11.3 Å². The molecule has 6 heteroatoms. The van der Waals surface area contributed by atoms with E-state index in [1.54, 1.807) is 12.1 Å². The molecule has 2 aliphatic rings. The van der Waals surface area contributed by atoms with E-state index in [-0.39, 0.29) is 5.91 Å². The lowest BCUT2D eigenvalue weighted by molar-refractivity contribution is -0.122. The second kappa shape index (κ2) is 5.66. The van der Waals surface area contributed by atoms with Crippen molar-refractivity contribution in [2.75, 3.05) is 18.5 Å². The van der Waals surface area contributed by atoms with Crippen LogP contribution in [-0.2, 0) is 11.2 Å². The molecular weight excluding hydrogens is 318 g/mol. The topological polar surface area (TPSA) is 56.8 Å². The molecule has 0 spiro atoms. The minimum absolute atomic E-state index is 0.236. The van der Waals surface area contributed by atoms with Gasteiger partial charge in [-0.15, -0.1) is 0 Å². The number of amides is 1. The summed E-state index contributed by atoms with van der Waals surface area (Å²) in [4.78, 5) is 12.4. The van der Waals surface area contributed by atoms with Gasteiger partial charge in [0.25, 0.3) is 5.91 Å². The van der Waals surface area contributed by atoms with E-state index in [9.17, 15) is 4.79 Å². The number of rotatable bonds is 2. The minimum Gasteiger partial charge on any atom is -0.486 e. The molecule has 4 rings (SSSR count). The molecule has 2 heterocycles. The third-order valence-electron chi connectivity index (χ3n) is 3.83. The van der Waals surface area contributed by atoms with Crippen LogP contribution in [0.5, 0.6) is 17.2 Å². The second-order valence-corrected chi connectivity index (χ2v) is 5.79. The van der Waals surface area contributed by atoms with Crippen LogP contribution in [0.1, 0.15) is 5.56 Å². The summed E-state index contributed by atoms with van der Waals surface area (Å²) in [5, 5.41) is 3.21. The normalized spacial score (nSPS) is 18.0. The van der Waals surface area contributed by atoms with Crippen LogP contribution in [0.2, 0.25) is 5.02 Å². The minimum atomic E-state index is -0.559. The molecule has 0 aliphatic carbocycles. The van der Waals surface area contributed by atoms with Crippen LogP contribution in [0, 0.1) is 0 Å². The van der Waals surface area contributed by atoms with Crippen LogP contribution >= 0.6 is 11.6 Å². The summed E-state index contributed by atoms with van der Waals surface area (Å²) in [6, 6.07) is 11.0. The van der Waals surface area contributed by atoms with E-state index >= 15 is 0 Å². The number of benzene rings is 2. The van der Waals surface area contributed by atoms with Crippen molar-refractivity contribution >= 4 is 23.2 Å². The molecule has 0 saturated heterocycles. The van der Waals surface area contributed by atoms with Crippen molar-refractivity contribution in [3.8, 4) is 17.2 Å². The zero-order valence-corrected chi connectivity index (χ0v) is 12.9. The Bertz CT molecular complexity index is 752. The number of hydrogen-bond acceptors (Lipinski definition) is 4. The number of anilines is 1. The first-order valence-corrected chi connectivity index (χ1v) is 7.73. The molecule has 0 aromatic heterocycles. The second-order valence-electron chi connectivity index (χ2n) is 5.38. The lowest BCUT2D eigenvalue weighted by atomic mass is 10.1. The van der Waals surface area contributed by atoms with Crippen molar-refractivity contribution in [3.63, 3.8) is 0 Å². The quantitative estimate of drug-likeness (QED) is 0.919. The monoisotopic (exact) mass is 331 g/mol. The molecule has 0 saturated carbocycles. The Labute approximate surface area is 138 Å². The summed E-state index contributed by atoms with van der Waals surface area (Å²) >= 11 is 6.21. The largest absolute Gasteiger partial charge is 0.486 e. The van der Waals surface area contributed by atoms with Crippen molar-refractivity contribution in [2.24, 2.45) is 0 Å². The van der Waals surface area contributed by atoms with Gasteiger partial charge in [0.1, 0.15) is 19.0 Å². The Morgan fingerprint density at radius 3 is 2.61 bits per heavy atom. The van der Waals surface area contributed by atoms with E-state index in [1.807, 2.05) is 24.3 Å². The maximum absolute atomic E-state index is 12.4. The predicted molar refractivity (Wildman–Crippen MR) is 85.6 cm³/mol. The summed E-state index contributed by atoms with van der Waals surface area (Å²) in [6.07, 6.45) is -0.0128. The van der Waals surface area contributed by atoms with Gasteiger partial charge in [-0.3, -0.25) is 4.79 Å². The van der Waals surface area contributed by atoms with E-state index in [0.29, 0.717) is 41.8 Å². The summed E-state index contributed by atoms with van der Waals surface area (Å²) in [5.41, 5.74) is 1.52. The van der Waals surface area contributed by atoms with Crippen LogP contribution in [0.3, 0.4) is 0 Å². The lowest BCUT2D eigenvalue weighted by Gasteiger charge is -2.20. The molecule has 23 heavy (non-hydrogen) atoms. The third-order valence-corrected chi connectivity index (χ3v) is 4.14. The molecule has 2 aliphatic heterocycles. The molecule has 1 amide bonds. The molecule has 118 valence electrons. The van der Waals surface area contributed by atoms with Crippen molar-refractivity contribution in [1.82, 2.24) is 0 Å². The Kier molecular flexibility index (Phi) is 3.50. The molecule has 0 radical (unpaired) electrons. The van der Waals surface area contributed by atoms with Crippen LogP contribution in [0.15, 0.2) is 36.4 Å². The molecule has 1 atom stereocenters.